The van der Waals surface area contributed by atoms with Crippen LogP contribution in [0.2, 0.25) is 5.02 Å². The van der Waals surface area contributed by atoms with Gasteiger partial charge in [0.05, 0.1) is 35.5 Å². The van der Waals surface area contributed by atoms with Crippen molar-refractivity contribution in [1.82, 2.24) is 4.98 Å². The Morgan fingerprint density at radius 3 is 2.59 bits per heavy atom. The van der Waals surface area contributed by atoms with Crippen LogP contribution in [0.5, 0.6) is 11.5 Å². The predicted molar refractivity (Wildman–Crippen MR) is 163 cm³/mol. The third kappa shape index (κ3) is 5.54. The summed E-state index contributed by atoms with van der Waals surface area (Å²) in [7, 11) is 1.54. The largest absolute Gasteiger partial charge is 0.507 e. The number of aliphatic hydroxyl groups is 1. The summed E-state index contributed by atoms with van der Waals surface area (Å²) in [5.41, 5.74) is 3.38. The van der Waals surface area contributed by atoms with Crippen LogP contribution in [0.15, 0.2) is 60.2 Å². The summed E-state index contributed by atoms with van der Waals surface area (Å²) >= 11 is 7.46. The summed E-state index contributed by atoms with van der Waals surface area (Å²) in [4.78, 5) is 33.4. The number of Topliss-reactive ketones (excluding diaryl/α,β-unsaturated/α-hetero) is 1. The van der Waals surface area contributed by atoms with Crippen molar-refractivity contribution in [3.05, 3.63) is 87.4 Å². The van der Waals surface area contributed by atoms with E-state index in [1.165, 1.54) is 16.2 Å². The third-order valence-electron chi connectivity index (χ3n) is 7.09. The highest BCUT2D eigenvalue weighted by molar-refractivity contribution is 7.22. The summed E-state index contributed by atoms with van der Waals surface area (Å²) in [6.07, 6.45) is 0.878. The van der Waals surface area contributed by atoms with Crippen LogP contribution in [0.25, 0.3) is 16.0 Å². The highest BCUT2D eigenvalue weighted by atomic mass is 35.5. The summed E-state index contributed by atoms with van der Waals surface area (Å²) in [5, 5.41) is 12.5. The second-order valence-electron chi connectivity index (χ2n) is 10.5. The summed E-state index contributed by atoms with van der Waals surface area (Å²) in [6.45, 7) is 8.52. The molecule has 1 aliphatic rings. The highest BCUT2D eigenvalue weighted by Gasteiger charge is 2.48. The first kappa shape index (κ1) is 28.6. The van der Waals surface area contributed by atoms with E-state index >= 15 is 0 Å². The molecule has 0 aliphatic carbocycles. The number of rotatable bonds is 8. The molecule has 9 heteroatoms. The van der Waals surface area contributed by atoms with Gasteiger partial charge in [-0.25, -0.2) is 4.98 Å². The SMILES string of the molecule is COc1cc(C2C(=C(O)c3cc(C)ccc3C)C(=O)C(=O)N2c2nc3ccc(Cl)cc3s2)ccc1OCCC(C)C. The Hall–Kier alpha value is -3.88. The first-order valence-corrected chi connectivity index (χ1v) is 14.5. The number of fused-ring (bicyclic) bond motifs is 1. The number of halogens is 1. The standard InChI is InChI=1S/C32H31ClN2O5S/c1-17(2)12-13-40-24-11-8-20(15-25(24)39-5)28-27(29(36)22-14-18(3)6-7-19(22)4)30(37)31(38)35(28)32-34-23-10-9-21(33)16-26(23)41-32/h6-11,14-17,28,36H,12-13H2,1-5H3. The van der Waals surface area contributed by atoms with Crippen LogP contribution in [0.3, 0.4) is 0 Å². The zero-order valence-electron chi connectivity index (χ0n) is 23.5. The number of carbonyl (C=O) groups excluding carboxylic acids is 2. The predicted octanol–water partition coefficient (Wildman–Crippen LogP) is 7.63. The van der Waals surface area contributed by atoms with E-state index in [1.807, 2.05) is 26.0 Å². The number of methoxy groups -OCH3 is 1. The molecule has 0 spiro atoms. The van der Waals surface area contributed by atoms with Crippen molar-refractivity contribution >= 4 is 55.7 Å². The Bertz CT molecular complexity index is 1690. The molecule has 212 valence electrons. The van der Waals surface area contributed by atoms with Gasteiger partial charge in [0.2, 0.25) is 0 Å². The maximum Gasteiger partial charge on any atom is 0.301 e. The molecule has 1 N–H and O–H groups in total. The second kappa shape index (κ2) is 11.5. The van der Waals surface area contributed by atoms with Gasteiger partial charge in [-0.2, -0.15) is 0 Å². The van der Waals surface area contributed by atoms with Crippen molar-refractivity contribution in [2.75, 3.05) is 18.6 Å². The molecule has 0 bridgehead atoms. The average molecular weight is 591 g/mol. The van der Waals surface area contributed by atoms with Crippen molar-refractivity contribution in [3.63, 3.8) is 0 Å². The number of hydrogen-bond donors (Lipinski definition) is 1. The van der Waals surface area contributed by atoms with Crippen LogP contribution in [-0.4, -0.2) is 35.5 Å². The molecule has 1 saturated heterocycles. The van der Waals surface area contributed by atoms with E-state index in [0.29, 0.717) is 50.8 Å². The number of nitrogens with zero attached hydrogens (tertiary/aromatic N) is 2. The third-order valence-corrected chi connectivity index (χ3v) is 8.35. The minimum atomic E-state index is -0.954. The number of thiazole rings is 1. The van der Waals surface area contributed by atoms with Crippen LogP contribution >= 0.6 is 22.9 Å². The minimum absolute atomic E-state index is 0.0171. The number of hydrogen-bond acceptors (Lipinski definition) is 7. The number of carbonyl (C=O) groups is 2. The number of aryl methyl sites for hydroxylation is 2. The van der Waals surface area contributed by atoms with Crippen LogP contribution < -0.4 is 14.4 Å². The molecule has 1 aliphatic heterocycles. The van der Waals surface area contributed by atoms with Gasteiger partial charge in [-0.05, 0) is 73.7 Å². The average Bonchev–Trinajstić information content (AvgIpc) is 3.47. The number of ether oxygens (including phenoxy) is 2. The number of aromatic nitrogens is 1. The molecule has 1 fully saturated rings. The molecule has 3 aromatic carbocycles. The van der Waals surface area contributed by atoms with Gasteiger partial charge in [-0.15, -0.1) is 0 Å². The van der Waals surface area contributed by atoms with Crippen LogP contribution in [0, 0.1) is 19.8 Å². The molecule has 1 atom stereocenters. The summed E-state index contributed by atoms with van der Waals surface area (Å²) in [5.74, 6) is -0.311. The topological polar surface area (TPSA) is 89.0 Å². The fourth-order valence-electron chi connectivity index (χ4n) is 4.85. The monoisotopic (exact) mass is 590 g/mol. The van der Waals surface area contributed by atoms with Gasteiger partial charge in [0, 0.05) is 10.6 Å². The van der Waals surface area contributed by atoms with E-state index in [9.17, 15) is 14.7 Å². The molecule has 0 radical (unpaired) electrons. The van der Waals surface area contributed by atoms with Crippen molar-refractivity contribution in [3.8, 4) is 11.5 Å². The van der Waals surface area contributed by atoms with Crippen LogP contribution in [-0.2, 0) is 9.59 Å². The van der Waals surface area contributed by atoms with Gasteiger partial charge in [-0.1, -0.05) is 60.5 Å². The lowest BCUT2D eigenvalue weighted by atomic mass is 9.93. The van der Waals surface area contributed by atoms with E-state index in [0.717, 1.165) is 22.2 Å². The molecule has 2 heterocycles. The molecule has 1 amide bonds. The fraction of sp³-hybridized carbons (Fsp3) is 0.281. The molecule has 4 aromatic rings. The van der Waals surface area contributed by atoms with Gasteiger partial charge in [-0.3, -0.25) is 14.5 Å². The first-order valence-electron chi connectivity index (χ1n) is 13.3. The van der Waals surface area contributed by atoms with E-state index in [-0.39, 0.29) is 11.3 Å². The number of anilines is 1. The lowest BCUT2D eigenvalue weighted by Gasteiger charge is -2.24. The Labute approximate surface area is 248 Å². The molecule has 41 heavy (non-hydrogen) atoms. The van der Waals surface area contributed by atoms with Gasteiger partial charge in [0.1, 0.15) is 5.76 Å². The second-order valence-corrected chi connectivity index (χ2v) is 12.0. The number of benzene rings is 3. The normalized spacial score (nSPS) is 16.7. The maximum atomic E-state index is 13.7. The van der Waals surface area contributed by atoms with Crippen LogP contribution in [0.4, 0.5) is 5.13 Å². The lowest BCUT2D eigenvalue weighted by molar-refractivity contribution is -0.132. The zero-order valence-corrected chi connectivity index (χ0v) is 25.1. The quantitative estimate of drug-likeness (QED) is 0.129. The molecule has 1 unspecified atom stereocenters. The molecule has 0 saturated carbocycles. The number of ketones is 1. The summed E-state index contributed by atoms with van der Waals surface area (Å²) in [6, 6.07) is 15.2. The molecule has 5 rings (SSSR count). The molecule has 7 nitrogen and oxygen atoms in total. The van der Waals surface area contributed by atoms with E-state index in [1.54, 1.807) is 49.6 Å². The van der Waals surface area contributed by atoms with Crippen molar-refractivity contribution in [1.29, 1.82) is 0 Å². The van der Waals surface area contributed by atoms with Crippen LogP contribution in [0.1, 0.15) is 48.6 Å². The lowest BCUT2D eigenvalue weighted by Crippen LogP contribution is -2.29. The number of aliphatic hydroxyl groups excluding tert-OH is 1. The first-order chi connectivity index (χ1) is 19.6. The Morgan fingerprint density at radius 1 is 1.07 bits per heavy atom. The van der Waals surface area contributed by atoms with E-state index in [4.69, 9.17) is 21.1 Å². The van der Waals surface area contributed by atoms with Gasteiger partial charge in [0.25, 0.3) is 5.78 Å². The van der Waals surface area contributed by atoms with Gasteiger partial charge < -0.3 is 14.6 Å². The molecular weight excluding hydrogens is 560 g/mol. The summed E-state index contributed by atoms with van der Waals surface area (Å²) < 4.78 is 12.4. The van der Waals surface area contributed by atoms with Gasteiger partial charge >= 0.3 is 5.91 Å². The highest BCUT2D eigenvalue weighted by Crippen LogP contribution is 2.46. The van der Waals surface area contributed by atoms with Crippen molar-refractivity contribution < 1.29 is 24.2 Å². The smallest absolute Gasteiger partial charge is 0.301 e. The number of amides is 1. The Morgan fingerprint density at radius 2 is 1.85 bits per heavy atom. The van der Waals surface area contributed by atoms with Crippen molar-refractivity contribution in [2.45, 2.75) is 40.2 Å². The minimum Gasteiger partial charge on any atom is -0.507 e. The van der Waals surface area contributed by atoms with Gasteiger partial charge in [0.15, 0.2) is 16.6 Å². The van der Waals surface area contributed by atoms with E-state index in [2.05, 4.69) is 18.8 Å². The van der Waals surface area contributed by atoms with Crippen molar-refractivity contribution in [2.24, 2.45) is 5.92 Å². The maximum absolute atomic E-state index is 13.7. The Kier molecular flexibility index (Phi) is 8.07. The molecular formula is C32H31ClN2O5S. The van der Waals surface area contributed by atoms with E-state index < -0.39 is 17.7 Å². The zero-order chi connectivity index (χ0) is 29.4. The molecule has 1 aromatic heterocycles. The Balaban J connectivity index is 1.69. The fourth-order valence-corrected chi connectivity index (χ4v) is 6.12.